The Balaban J connectivity index is 1.36. The summed E-state index contributed by atoms with van der Waals surface area (Å²) in [5, 5.41) is 28.6. The zero-order valence-corrected chi connectivity index (χ0v) is 34.3. The van der Waals surface area contributed by atoms with Gasteiger partial charge in [-0.05, 0) is 0 Å². The van der Waals surface area contributed by atoms with Crippen molar-refractivity contribution in [1.82, 2.24) is 10.2 Å². The third kappa shape index (κ3) is 8.77. The Labute approximate surface area is 356 Å². The second kappa shape index (κ2) is 18.8. The Hall–Kier alpha value is -7.15. The topological polar surface area (TPSA) is 171 Å². The van der Waals surface area contributed by atoms with E-state index in [0.717, 1.165) is 15.9 Å². The van der Waals surface area contributed by atoms with Crippen LogP contribution in [0.25, 0.3) is 0 Å². The molecule has 0 saturated carbocycles. The van der Waals surface area contributed by atoms with Crippen molar-refractivity contribution in [3.8, 4) is 0 Å². The van der Waals surface area contributed by atoms with Gasteiger partial charge in [0.1, 0.15) is 0 Å². The maximum absolute atomic E-state index is 15.4. The number of rotatable bonds is 16. The SMILES string of the molecule is O=C(NC1C(=O)N(C(C(=O)OCc2ccccc2[N+](=O)[O-])[PH](c2ccccc2)(c2ccccc2)c2ccccc2)C1CC(=S)c1ccccc1)OCc1ccccc1[N+](=O)[O-]. The molecule has 0 aliphatic carbocycles. The summed E-state index contributed by atoms with van der Waals surface area (Å²) < 4.78 is 11.6. The van der Waals surface area contributed by atoms with Crippen molar-refractivity contribution >= 4 is 69.6 Å². The zero-order valence-electron chi connectivity index (χ0n) is 32.4. The van der Waals surface area contributed by atoms with Gasteiger partial charge in [-0.15, -0.1) is 0 Å². The Morgan fingerprint density at radius 2 is 1.05 bits per heavy atom. The molecule has 0 radical (unpaired) electrons. The molecule has 0 aromatic heterocycles. The standard InChI is InChI=1S/C46H39N4O9PS/c51-43-42(47-46(53)59-31-34-20-14-16-28-39(34)50(56)57)40(29-41(61)32-17-5-1-6-18-32)48(43)44(45(52)58-30-33-19-13-15-27-38(33)49(54)55)60(35-21-7-2-8-22-35,36-23-9-3-10-24-36)37-25-11-4-12-26-37/h1-28,40,42,44,60H,29-31H2,(H,47,53). The van der Waals surface area contributed by atoms with Crippen LogP contribution in [0.1, 0.15) is 23.1 Å². The van der Waals surface area contributed by atoms with E-state index in [1.165, 1.54) is 41.3 Å². The number of nitrogens with zero attached hydrogens (tertiary/aromatic N) is 3. The van der Waals surface area contributed by atoms with Crippen molar-refractivity contribution < 1.29 is 33.7 Å². The molecule has 61 heavy (non-hydrogen) atoms. The van der Waals surface area contributed by atoms with Gasteiger partial charge in [-0.25, -0.2) is 0 Å². The number of carbonyl (C=O) groups is 3. The van der Waals surface area contributed by atoms with E-state index in [4.69, 9.17) is 21.7 Å². The molecule has 3 unspecified atom stereocenters. The van der Waals surface area contributed by atoms with Gasteiger partial charge in [0.2, 0.25) is 0 Å². The van der Waals surface area contributed by atoms with Crippen molar-refractivity contribution in [2.45, 2.75) is 37.5 Å². The van der Waals surface area contributed by atoms with Crippen LogP contribution in [-0.2, 0) is 32.3 Å². The predicted molar refractivity (Wildman–Crippen MR) is 237 cm³/mol. The van der Waals surface area contributed by atoms with E-state index in [9.17, 15) is 29.8 Å². The third-order valence-electron chi connectivity index (χ3n) is 10.7. The molecule has 1 aliphatic heterocycles. The summed E-state index contributed by atoms with van der Waals surface area (Å²) in [6.07, 6.45) is -0.989. The first-order valence-electron chi connectivity index (χ1n) is 19.2. The van der Waals surface area contributed by atoms with E-state index in [1.54, 1.807) is 12.1 Å². The number of hydrogen-bond donors (Lipinski definition) is 1. The van der Waals surface area contributed by atoms with Crippen LogP contribution in [0.3, 0.4) is 0 Å². The molecule has 1 fully saturated rings. The van der Waals surface area contributed by atoms with Crippen LogP contribution in [0, 0.1) is 20.2 Å². The first-order valence-corrected chi connectivity index (χ1v) is 21.7. The second-order valence-corrected chi connectivity index (χ2v) is 18.6. The van der Waals surface area contributed by atoms with Crippen molar-refractivity contribution in [2.24, 2.45) is 0 Å². The molecule has 13 nitrogen and oxygen atoms in total. The quantitative estimate of drug-likeness (QED) is 0.0205. The Kier molecular flexibility index (Phi) is 13.0. The minimum absolute atomic E-state index is 0.0248. The van der Waals surface area contributed by atoms with Gasteiger partial charge >= 0.3 is 358 Å². The fourth-order valence-corrected chi connectivity index (χ4v) is 13.5. The average Bonchev–Trinajstić information content (AvgIpc) is 3.30. The molecule has 1 N–H and O–H groups in total. The van der Waals surface area contributed by atoms with Gasteiger partial charge in [0.25, 0.3) is 0 Å². The molecule has 6 aromatic rings. The van der Waals surface area contributed by atoms with Crippen molar-refractivity contribution in [2.75, 3.05) is 0 Å². The van der Waals surface area contributed by atoms with E-state index in [2.05, 4.69) is 5.32 Å². The van der Waals surface area contributed by atoms with Crippen molar-refractivity contribution in [1.29, 1.82) is 0 Å². The summed E-state index contributed by atoms with van der Waals surface area (Å²) in [5.41, 5.74) is 0.529. The number of esters is 1. The van der Waals surface area contributed by atoms with Gasteiger partial charge in [0.15, 0.2) is 0 Å². The summed E-state index contributed by atoms with van der Waals surface area (Å²) in [7, 11) is -3.84. The predicted octanol–water partition coefficient (Wildman–Crippen LogP) is 6.91. The molecular weight excluding hydrogens is 816 g/mol. The summed E-state index contributed by atoms with van der Waals surface area (Å²) in [5.74, 6) is -2.81. The number of hydrogen-bond acceptors (Lipinski definition) is 10. The van der Waals surface area contributed by atoms with E-state index in [0.29, 0.717) is 10.4 Å². The van der Waals surface area contributed by atoms with Crippen molar-refractivity contribution in [3.05, 3.63) is 207 Å². The number of likely N-dealkylation sites (tertiary alicyclic amines) is 1. The van der Waals surface area contributed by atoms with Crippen LogP contribution in [0.5, 0.6) is 0 Å². The molecule has 1 heterocycles. The van der Waals surface area contributed by atoms with Gasteiger partial charge in [-0.3, -0.25) is 0 Å². The molecule has 3 atom stereocenters. The Morgan fingerprint density at radius 1 is 0.639 bits per heavy atom. The number of carbonyl (C=O) groups excluding carboxylic acids is 3. The van der Waals surface area contributed by atoms with Gasteiger partial charge in [-0.2, -0.15) is 0 Å². The maximum atomic E-state index is 15.4. The first-order chi connectivity index (χ1) is 29.6. The second-order valence-electron chi connectivity index (χ2n) is 14.2. The number of nitro groups is 2. The molecular formula is C46H39N4O9PS. The van der Waals surface area contributed by atoms with Crippen LogP contribution in [0.4, 0.5) is 16.2 Å². The molecule has 7 rings (SSSR count). The summed E-state index contributed by atoms with van der Waals surface area (Å²) >= 11 is 5.97. The number of thiocarbonyl (C=S) groups is 1. The number of benzene rings is 6. The Morgan fingerprint density at radius 3 is 1.51 bits per heavy atom. The number of nitro benzene ring substituents is 2. The first kappa shape index (κ1) is 42.0. The fraction of sp³-hybridized carbons (Fsp3) is 0.130. The minimum atomic E-state index is -3.84. The fourth-order valence-electron chi connectivity index (χ4n) is 7.93. The number of ether oxygens (including phenoxy) is 2. The molecule has 0 bridgehead atoms. The van der Waals surface area contributed by atoms with Crippen molar-refractivity contribution in [3.63, 3.8) is 0 Å². The monoisotopic (exact) mass is 854 g/mol. The van der Waals surface area contributed by atoms with Crippen LogP contribution >= 0.6 is 19.5 Å². The normalized spacial score (nSPS) is 15.4. The zero-order chi connectivity index (χ0) is 42.9. The van der Waals surface area contributed by atoms with Gasteiger partial charge in [0, 0.05) is 0 Å². The van der Waals surface area contributed by atoms with Gasteiger partial charge in [0.05, 0.1) is 0 Å². The third-order valence-corrected chi connectivity index (χ3v) is 16.2. The van der Waals surface area contributed by atoms with E-state index in [-0.39, 0.29) is 28.9 Å². The van der Waals surface area contributed by atoms with E-state index in [1.807, 2.05) is 121 Å². The van der Waals surface area contributed by atoms with Crippen LogP contribution < -0.4 is 21.2 Å². The van der Waals surface area contributed by atoms with Gasteiger partial charge < -0.3 is 0 Å². The number of amides is 2. The van der Waals surface area contributed by atoms with Crippen LogP contribution in [-0.4, -0.2) is 55.4 Å². The molecule has 308 valence electrons. The summed E-state index contributed by atoms with van der Waals surface area (Å²) in [6.45, 7) is -0.919. The summed E-state index contributed by atoms with van der Waals surface area (Å²) in [4.78, 5) is 68.3. The number of para-hydroxylation sites is 2. The average molecular weight is 855 g/mol. The summed E-state index contributed by atoms with van der Waals surface area (Å²) in [6, 6.07) is 46.9. The van der Waals surface area contributed by atoms with E-state index >= 15 is 4.79 Å². The molecule has 1 saturated heterocycles. The number of nitrogens with one attached hydrogen (secondary N) is 1. The van der Waals surface area contributed by atoms with E-state index < -0.39 is 66.2 Å². The Bertz CT molecular complexity index is 2470. The molecule has 1 aliphatic rings. The molecule has 0 spiro atoms. The number of β-lactam (4-membered cyclic amide) rings is 1. The molecule has 15 heteroatoms. The number of alkyl carbamates (subject to hydrolysis) is 1. The van der Waals surface area contributed by atoms with Gasteiger partial charge in [-0.1, -0.05) is 0 Å². The molecule has 6 aromatic carbocycles. The van der Waals surface area contributed by atoms with Crippen LogP contribution in [0.15, 0.2) is 170 Å². The molecule has 2 amide bonds. The van der Waals surface area contributed by atoms with Crippen LogP contribution in [0.2, 0.25) is 0 Å².